The molecular weight excluding hydrogens is 375 g/mol. The summed E-state index contributed by atoms with van der Waals surface area (Å²) in [7, 11) is 0. The van der Waals surface area contributed by atoms with Crippen LogP contribution in [0.2, 0.25) is 5.02 Å². The second-order valence-corrected chi connectivity index (χ2v) is 7.95. The van der Waals surface area contributed by atoms with Crippen molar-refractivity contribution in [2.75, 3.05) is 26.2 Å². The van der Waals surface area contributed by atoms with E-state index in [9.17, 15) is 14.0 Å². The molecule has 0 radical (unpaired) electrons. The zero-order valence-corrected chi connectivity index (χ0v) is 16.3. The Morgan fingerprint density at radius 3 is 2.31 bits per heavy atom. The Balaban J connectivity index is 1.66. The van der Waals surface area contributed by atoms with Crippen molar-refractivity contribution in [2.45, 2.75) is 20.3 Å². The molecule has 4 nitrogen and oxygen atoms in total. The topological polar surface area (TPSA) is 40.6 Å². The van der Waals surface area contributed by atoms with Crippen molar-refractivity contribution in [3.63, 3.8) is 0 Å². The highest BCUT2D eigenvalue weighted by Gasteiger charge is 2.27. The van der Waals surface area contributed by atoms with Gasteiger partial charge in [0.15, 0.2) is 0 Å². The summed E-state index contributed by atoms with van der Waals surface area (Å²) >= 11 is 7.38. The van der Waals surface area contributed by atoms with E-state index in [1.165, 1.54) is 40.0 Å². The molecule has 1 saturated heterocycles. The Labute approximate surface area is 161 Å². The zero-order chi connectivity index (χ0) is 18.8. The molecule has 0 saturated carbocycles. The number of rotatable bonds is 3. The van der Waals surface area contributed by atoms with Crippen LogP contribution in [0.3, 0.4) is 0 Å². The fourth-order valence-electron chi connectivity index (χ4n) is 3.08. The molecular formula is C19H20ClFN2O2S. The van der Waals surface area contributed by atoms with Crippen LogP contribution < -0.4 is 0 Å². The maximum absolute atomic E-state index is 13.9. The number of nitrogens with zero attached hydrogens (tertiary/aromatic N) is 2. The second-order valence-electron chi connectivity index (χ2n) is 6.25. The predicted molar refractivity (Wildman–Crippen MR) is 102 cm³/mol. The number of carbonyl (C=O) groups is 2. The van der Waals surface area contributed by atoms with E-state index < -0.39 is 11.7 Å². The van der Waals surface area contributed by atoms with Crippen molar-refractivity contribution in [2.24, 2.45) is 0 Å². The lowest BCUT2D eigenvalue weighted by Gasteiger charge is -2.34. The van der Waals surface area contributed by atoms with Gasteiger partial charge in [-0.2, -0.15) is 0 Å². The van der Waals surface area contributed by atoms with Crippen molar-refractivity contribution in [3.8, 4) is 0 Å². The summed E-state index contributed by atoms with van der Waals surface area (Å²) in [6.07, 6.45) is 0.906. The SMILES string of the molecule is CCc1cc(C(=O)N2CCN(C(=O)c3cc(Cl)ccc3F)CC2)sc1C. The van der Waals surface area contributed by atoms with Gasteiger partial charge < -0.3 is 9.80 Å². The standard InChI is InChI=1S/C19H20ClFN2O2S/c1-3-13-10-17(26-12(13)2)19(25)23-8-6-22(7-9-23)18(24)15-11-14(20)4-5-16(15)21/h4-5,10-11H,3,6-9H2,1-2H3. The molecule has 26 heavy (non-hydrogen) atoms. The highest BCUT2D eigenvalue weighted by molar-refractivity contribution is 7.14. The van der Waals surface area contributed by atoms with Crippen LogP contribution in [-0.4, -0.2) is 47.8 Å². The molecule has 2 heterocycles. The Kier molecular flexibility index (Phi) is 5.63. The zero-order valence-electron chi connectivity index (χ0n) is 14.7. The van der Waals surface area contributed by atoms with E-state index in [-0.39, 0.29) is 11.5 Å². The van der Waals surface area contributed by atoms with E-state index in [0.29, 0.717) is 31.2 Å². The van der Waals surface area contributed by atoms with Crippen LogP contribution in [0.15, 0.2) is 24.3 Å². The van der Waals surface area contributed by atoms with Crippen molar-refractivity contribution in [1.29, 1.82) is 0 Å². The molecule has 2 aromatic rings. The summed E-state index contributed by atoms with van der Waals surface area (Å²) in [6.45, 7) is 5.72. The third kappa shape index (κ3) is 3.76. The van der Waals surface area contributed by atoms with Gasteiger partial charge in [-0.1, -0.05) is 18.5 Å². The third-order valence-corrected chi connectivity index (χ3v) is 5.94. The highest BCUT2D eigenvalue weighted by atomic mass is 35.5. The van der Waals surface area contributed by atoms with E-state index >= 15 is 0 Å². The maximum atomic E-state index is 13.9. The Morgan fingerprint density at radius 1 is 1.12 bits per heavy atom. The lowest BCUT2D eigenvalue weighted by molar-refractivity contribution is 0.0535. The summed E-state index contributed by atoms with van der Waals surface area (Å²) < 4.78 is 13.9. The van der Waals surface area contributed by atoms with Gasteiger partial charge in [-0.25, -0.2) is 4.39 Å². The number of aryl methyl sites for hydroxylation is 2. The molecule has 0 bridgehead atoms. The summed E-state index contributed by atoms with van der Waals surface area (Å²) in [5.41, 5.74) is 1.17. The first-order valence-corrected chi connectivity index (χ1v) is 9.73. The molecule has 3 rings (SSSR count). The third-order valence-electron chi connectivity index (χ3n) is 4.63. The molecule has 1 fully saturated rings. The van der Waals surface area contributed by atoms with Gasteiger partial charge >= 0.3 is 0 Å². The average molecular weight is 395 g/mol. The number of halogens is 2. The lowest BCUT2D eigenvalue weighted by atomic mass is 10.1. The van der Waals surface area contributed by atoms with Gasteiger partial charge in [-0.3, -0.25) is 9.59 Å². The Hall–Kier alpha value is -1.92. The molecule has 2 amide bonds. The number of thiophene rings is 1. The van der Waals surface area contributed by atoms with Crippen LogP contribution in [0.25, 0.3) is 0 Å². The summed E-state index contributed by atoms with van der Waals surface area (Å²) in [4.78, 5) is 30.4. The van der Waals surface area contributed by atoms with Gasteiger partial charge in [0.25, 0.3) is 11.8 Å². The van der Waals surface area contributed by atoms with Crippen molar-refractivity contribution >= 4 is 34.8 Å². The van der Waals surface area contributed by atoms with Gasteiger partial charge in [0.2, 0.25) is 0 Å². The van der Waals surface area contributed by atoms with Crippen molar-refractivity contribution in [3.05, 3.63) is 56.0 Å². The predicted octanol–water partition coefficient (Wildman–Crippen LogP) is 4.01. The molecule has 0 aliphatic carbocycles. The van der Waals surface area contributed by atoms with Gasteiger partial charge in [0.1, 0.15) is 5.82 Å². The summed E-state index contributed by atoms with van der Waals surface area (Å²) in [5, 5.41) is 0.323. The number of amides is 2. The van der Waals surface area contributed by atoms with Crippen LogP contribution in [0.5, 0.6) is 0 Å². The van der Waals surface area contributed by atoms with Crippen molar-refractivity contribution < 1.29 is 14.0 Å². The first-order chi connectivity index (χ1) is 12.4. The number of hydrogen-bond donors (Lipinski definition) is 0. The van der Waals surface area contributed by atoms with E-state index in [0.717, 1.165) is 11.3 Å². The molecule has 7 heteroatoms. The van der Waals surface area contributed by atoms with E-state index in [4.69, 9.17) is 11.6 Å². The number of piperazine rings is 1. The molecule has 1 aromatic carbocycles. The smallest absolute Gasteiger partial charge is 0.264 e. The van der Waals surface area contributed by atoms with E-state index in [1.54, 1.807) is 9.80 Å². The second kappa shape index (κ2) is 7.76. The molecule has 0 atom stereocenters. The minimum Gasteiger partial charge on any atom is -0.335 e. The molecule has 0 unspecified atom stereocenters. The van der Waals surface area contributed by atoms with Crippen LogP contribution >= 0.6 is 22.9 Å². The van der Waals surface area contributed by atoms with Crippen LogP contribution in [0.1, 0.15) is 37.4 Å². The molecule has 1 aliphatic rings. The molecule has 0 N–H and O–H groups in total. The van der Waals surface area contributed by atoms with Gasteiger partial charge in [-0.05, 0) is 43.2 Å². The van der Waals surface area contributed by atoms with E-state index in [2.05, 4.69) is 6.92 Å². The lowest BCUT2D eigenvalue weighted by Crippen LogP contribution is -2.50. The van der Waals surface area contributed by atoms with Crippen LogP contribution in [-0.2, 0) is 6.42 Å². The first kappa shape index (κ1) is 18.9. The summed E-state index contributed by atoms with van der Waals surface area (Å²) in [5.74, 6) is -0.977. The monoisotopic (exact) mass is 394 g/mol. The number of hydrogen-bond acceptors (Lipinski definition) is 3. The fourth-order valence-corrected chi connectivity index (χ4v) is 4.33. The van der Waals surface area contributed by atoms with Gasteiger partial charge in [0, 0.05) is 36.1 Å². The molecule has 138 valence electrons. The minimum atomic E-state index is -0.584. The Morgan fingerprint density at radius 2 is 1.73 bits per heavy atom. The highest BCUT2D eigenvalue weighted by Crippen LogP contribution is 2.24. The van der Waals surface area contributed by atoms with Gasteiger partial charge in [-0.15, -0.1) is 11.3 Å². The average Bonchev–Trinajstić information content (AvgIpc) is 3.03. The molecule has 1 aromatic heterocycles. The normalized spacial score (nSPS) is 14.6. The first-order valence-electron chi connectivity index (χ1n) is 8.53. The maximum Gasteiger partial charge on any atom is 0.264 e. The fraction of sp³-hybridized carbons (Fsp3) is 0.368. The summed E-state index contributed by atoms with van der Waals surface area (Å²) in [6, 6.07) is 5.91. The number of benzene rings is 1. The molecule has 0 spiro atoms. The van der Waals surface area contributed by atoms with Crippen molar-refractivity contribution in [1.82, 2.24) is 9.80 Å². The largest absolute Gasteiger partial charge is 0.335 e. The molecule has 1 aliphatic heterocycles. The quantitative estimate of drug-likeness (QED) is 0.789. The van der Waals surface area contributed by atoms with Gasteiger partial charge in [0.05, 0.1) is 10.4 Å². The van der Waals surface area contributed by atoms with Crippen LogP contribution in [0.4, 0.5) is 4.39 Å². The van der Waals surface area contributed by atoms with E-state index in [1.807, 2.05) is 13.0 Å². The number of carbonyl (C=O) groups excluding carboxylic acids is 2. The minimum absolute atomic E-state index is 0.00108. The van der Waals surface area contributed by atoms with Crippen LogP contribution in [0, 0.1) is 12.7 Å². The Bertz CT molecular complexity index is 844.